The molecule has 3 rings (SSSR count). The van der Waals surface area contributed by atoms with E-state index in [1.807, 2.05) is 43.3 Å². The lowest BCUT2D eigenvalue weighted by atomic mass is 9.79. The van der Waals surface area contributed by atoms with Crippen molar-refractivity contribution in [3.8, 4) is 5.75 Å². The minimum Gasteiger partial charge on any atom is -0.484 e. The second-order valence-electron chi connectivity index (χ2n) is 9.07. The molecule has 0 fully saturated rings. The number of anilines is 2. The molecule has 1 aliphatic rings. The van der Waals surface area contributed by atoms with Crippen LogP contribution in [0.15, 0.2) is 41.5 Å². The van der Waals surface area contributed by atoms with Gasteiger partial charge in [-0.05, 0) is 62.9 Å². The molecule has 32 heavy (non-hydrogen) atoms. The van der Waals surface area contributed by atoms with Crippen LogP contribution in [0.25, 0.3) is 0 Å². The van der Waals surface area contributed by atoms with Gasteiger partial charge < -0.3 is 14.5 Å². The highest BCUT2D eigenvalue weighted by Crippen LogP contribution is 2.43. The van der Waals surface area contributed by atoms with Gasteiger partial charge in [0.2, 0.25) is 0 Å². The van der Waals surface area contributed by atoms with E-state index in [2.05, 4.69) is 43.1 Å². The van der Waals surface area contributed by atoms with Crippen LogP contribution < -0.4 is 20.0 Å². The summed E-state index contributed by atoms with van der Waals surface area (Å²) in [6.07, 6.45) is 2.34. The van der Waals surface area contributed by atoms with Gasteiger partial charge in [-0.15, -0.1) is 0 Å². The lowest BCUT2D eigenvalue weighted by Gasteiger charge is -2.47. The van der Waals surface area contributed by atoms with Crippen molar-refractivity contribution >= 4 is 23.5 Å². The highest BCUT2D eigenvalue weighted by molar-refractivity contribution is 5.84. The molecule has 0 aliphatic carbocycles. The fraction of sp³-hybridized carbons (Fsp3) is 0.440. The molecule has 0 aromatic heterocycles. The number of fused-ring (bicyclic) bond motifs is 1. The third-order valence-electron chi connectivity index (χ3n) is 5.92. The number of carbonyl (C=O) groups excluding carboxylic acids is 1. The summed E-state index contributed by atoms with van der Waals surface area (Å²) in [6, 6.07) is 10.9. The van der Waals surface area contributed by atoms with Crippen LogP contribution in [-0.2, 0) is 4.79 Å². The molecule has 1 aliphatic heterocycles. The van der Waals surface area contributed by atoms with E-state index in [-0.39, 0.29) is 18.0 Å². The van der Waals surface area contributed by atoms with Crippen molar-refractivity contribution in [3.63, 3.8) is 0 Å². The lowest BCUT2D eigenvalue weighted by molar-refractivity contribution is -0.123. The summed E-state index contributed by atoms with van der Waals surface area (Å²) < 4.78 is 20.3. The first-order chi connectivity index (χ1) is 15.1. The summed E-state index contributed by atoms with van der Waals surface area (Å²) >= 11 is 0. The molecule has 1 N–H and O–H groups in total. The maximum Gasteiger partial charge on any atom is 0.277 e. The van der Waals surface area contributed by atoms with Gasteiger partial charge in [0.15, 0.2) is 6.61 Å². The summed E-state index contributed by atoms with van der Waals surface area (Å²) in [6.45, 7) is 9.26. The Morgan fingerprint density at radius 2 is 2.09 bits per heavy atom. The maximum absolute atomic E-state index is 14.8. The van der Waals surface area contributed by atoms with Gasteiger partial charge in [0.05, 0.1) is 6.21 Å². The second kappa shape index (κ2) is 9.59. The fourth-order valence-electron chi connectivity index (χ4n) is 4.42. The van der Waals surface area contributed by atoms with Gasteiger partial charge in [-0.3, -0.25) is 4.79 Å². The summed E-state index contributed by atoms with van der Waals surface area (Å²) in [5, 5.41) is 3.94. The van der Waals surface area contributed by atoms with Crippen LogP contribution >= 0.6 is 0 Å². The van der Waals surface area contributed by atoms with Crippen LogP contribution in [0, 0.1) is 5.82 Å². The first kappa shape index (κ1) is 23.6. The number of nitrogens with zero attached hydrogens (tertiary/aromatic N) is 3. The number of halogens is 1. The predicted molar refractivity (Wildman–Crippen MR) is 129 cm³/mol. The molecule has 1 atom stereocenters. The Morgan fingerprint density at radius 3 is 2.78 bits per heavy atom. The Hall–Kier alpha value is -3.09. The van der Waals surface area contributed by atoms with E-state index < -0.39 is 5.91 Å². The number of hydrazone groups is 1. The van der Waals surface area contributed by atoms with Crippen molar-refractivity contribution in [2.75, 3.05) is 37.0 Å². The minimum atomic E-state index is -0.415. The van der Waals surface area contributed by atoms with Gasteiger partial charge in [-0.1, -0.05) is 13.0 Å². The van der Waals surface area contributed by atoms with E-state index in [1.54, 1.807) is 12.1 Å². The Kier molecular flexibility index (Phi) is 7.06. The first-order valence-corrected chi connectivity index (χ1v) is 11.0. The SMILES string of the molecule is CCN1c2cc(F)c(/C=N/NC(=O)COc3cccc(N(C)C)c3)cc2C(C)CC1(C)C. The second-order valence-corrected chi connectivity index (χ2v) is 9.07. The molecular weight excluding hydrogens is 407 g/mol. The molecule has 0 spiro atoms. The number of carbonyl (C=O) groups is 1. The fourth-order valence-corrected chi connectivity index (χ4v) is 4.42. The first-order valence-electron chi connectivity index (χ1n) is 11.0. The Balaban J connectivity index is 1.65. The van der Waals surface area contributed by atoms with E-state index in [0.717, 1.165) is 29.9 Å². The van der Waals surface area contributed by atoms with Crippen molar-refractivity contribution in [2.45, 2.75) is 45.6 Å². The molecule has 1 amide bonds. The molecule has 0 radical (unpaired) electrons. The molecule has 2 aromatic carbocycles. The van der Waals surface area contributed by atoms with Crippen molar-refractivity contribution in [1.29, 1.82) is 0 Å². The molecule has 2 aromatic rings. The zero-order valence-corrected chi connectivity index (χ0v) is 19.8. The largest absolute Gasteiger partial charge is 0.484 e. The number of rotatable bonds is 7. The van der Waals surface area contributed by atoms with Crippen LogP contribution in [0.3, 0.4) is 0 Å². The number of amides is 1. The molecule has 0 saturated heterocycles. The number of nitrogens with one attached hydrogen (secondary N) is 1. The Bertz CT molecular complexity index is 1000. The number of hydrogen-bond acceptors (Lipinski definition) is 5. The smallest absolute Gasteiger partial charge is 0.277 e. The van der Waals surface area contributed by atoms with Gasteiger partial charge in [0, 0.05) is 49.2 Å². The summed E-state index contributed by atoms with van der Waals surface area (Å²) in [5.74, 6) is 0.119. The Morgan fingerprint density at radius 1 is 1.34 bits per heavy atom. The minimum absolute atomic E-state index is 0.0246. The topological polar surface area (TPSA) is 57.2 Å². The molecule has 0 saturated carbocycles. The van der Waals surface area contributed by atoms with E-state index in [4.69, 9.17) is 4.74 Å². The number of benzene rings is 2. The molecule has 6 nitrogen and oxygen atoms in total. The summed E-state index contributed by atoms with van der Waals surface area (Å²) in [4.78, 5) is 16.3. The van der Waals surface area contributed by atoms with E-state index >= 15 is 0 Å². The zero-order chi connectivity index (χ0) is 23.5. The van der Waals surface area contributed by atoms with Crippen LogP contribution in [0.1, 0.15) is 51.2 Å². The van der Waals surface area contributed by atoms with Crippen LogP contribution in [-0.4, -0.2) is 44.9 Å². The quantitative estimate of drug-likeness (QED) is 0.508. The highest BCUT2D eigenvalue weighted by Gasteiger charge is 2.36. The van der Waals surface area contributed by atoms with E-state index in [1.165, 1.54) is 6.21 Å². The molecule has 1 heterocycles. The summed E-state index contributed by atoms with van der Waals surface area (Å²) in [5.41, 5.74) is 5.75. The third-order valence-corrected chi connectivity index (χ3v) is 5.92. The van der Waals surface area contributed by atoms with Crippen molar-refractivity contribution in [2.24, 2.45) is 5.10 Å². The monoisotopic (exact) mass is 440 g/mol. The number of hydrogen-bond donors (Lipinski definition) is 1. The van der Waals surface area contributed by atoms with Gasteiger partial charge >= 0.3 is 0 Å². The maximum atomic E-state index is 14.8. The summed E-state index contributed by atoms with van der Waals surface area (Å²) in [7, 11) is 3.86. The average Bonchev–Trinajstić information content (AvgIpc) is 2.73. The van der Waals surface area contributed by atoms with Crippen LogP contribution in [0.5, 0.6) is 5.75 Å². The van der Waals surface area contributed by atoms with Crippen LogP contribution in [0.2, 0.25) is 0 Å². The van der Waals surface area contributed by atoms with Gasteiger partial charge in [0.25, 0.3) is 5.91 Å². The lowest BCUT2D eigenvalue weighted by Crippen LogP contribution is -2.48. The zero-order valence-electron chi connectivity index (χ0n) is 19.8. The highest BCUT2D eigenvalue weighted by atomic mass is 19.1. The van der Waals surface area contributed by atoms with Gasteiger partial charge in [-0.2, -0.15) is 5.10 Å². The normalized spacial score (nSPS) is 17.2. The van der Waals surface area contributed by atoms with Crippen molar-refractivity contribution < 1.29 is 13.9 Å². The third kappa shape index (κ3) is 5.21. The van der Waals surface area contributed by atoms with Gasteiger partial charge in [0.1, 0.15) is 11.6 Å². The predicted octanol–water partition coefficient (Wildman–Crippen LogP) is 4.53. The molecule has 0 bridgehead atoms. The van der Waals surface area contributed by atoms with Crippen molar-refractivity contribution in [1.82, 2.24) is 5.43 Å². The van der Waals surface area contributed by atoms with E-state index in [0.29, 0.717) is 17.2 Å². The number of ether oxygens (including phenoxy) is 1. The van der Waals surface area contributed by atoms with Gasteiger partial charge in [-0.25, -0.2) is 9.82 Å². The van der Waals surface area contributed by atoms with Crippen molar-refractivity contribution in [3.05, 3.63) is 53.3 Å². The molecule has 172 valence electrons. The van der Waals surface area contributed by atoms with Crippen LogP contribution in [0.4, 0.5) is 15.8 Å². The van der Waals surface area contributed by atoms with E-state index in [9.17, 15) is 9.18 Å². The molecule has 7 heteroatoms. The average molecular weight is 441 g/mol. The molecule has 1 unspecified atom stereocenters. The molecular formula is C25H33FN4O2. The Labute approximate surface area is 190 Å². The standard InChI is InChI=1S/C25H33FN4O2/c1-7-30-23-13-22(26)18(11-21(23)17(2)14-25(30,3)4)15-27-28-24(31)16-32-20-10-8-9-19(12-20)29(5)6/h8-13,15,17H,7,14,16H2,1-6H3,(H,28,31)/b27-15+.